The van der Waals surface area contributed by atoms with Crippen LogP contribution in [0.3, 0.4) is 0 Å². The van der Waals surface area contributed by atoms with Crippen LogP contribution in [0.5, 0.6) is 0 Å². The van der Waals surface area contributed by atoms with Crippen molar-refractivity contribution < 1.29 is 10.0 Å². The molecule has 1 aromatic rings. The fraction of sp³-hybridized carbons (Fsp3) is 0.538. The monoisotopic (exact) mass is 376 g/mol. The van der Waals surface area contributed by atoms with Crippen LogP contribution in [0.15, 0.2) is 18.2 Å². The molecular formula is C13H17IN2O3. The van der Waals surface area contributed by atoms with Crippen LogP contribution in [0, 0.1) is 19.6 Å². The number of anilines is 1. The molecular weight excluding hydrogens is 359 g/mol. The van der Waals surface area contributed by atoms with Gasteiger partial charge in [-0.2, -0.15) is 0 Å². The second-order valence-corrected chi connectivity index (χ2v) is 6.08. The highest BCUT2D eigenvalue weighted by Gasteiger charge is 2.22. The van der Waals surface area contributed by atoms with E-state index >= 15 is 0 Å². The fourth-order valence-corrected chi connectivity index (χ4v) is 3.12. The standard InChI is InChI=1S/C13H17IN2O3/c14-11-7-10(16(18)19)5-6-12(11)15-8-9-3-1-2-4-13(9)17/h5-7,9,13,15,17H,1-4,8H2. The molecule has 104 valence electrons. The van der Waals surface area contributed by atoms with Crippen molar-refractivity contribution in [3.8, 4) is 0 Å². The minimum absolute atomic E-state index is 0.104. The Hall–Kier alpha value is -0.890. The van der Waals surface area contributed by atoms with Gasteiger partial charge in [-0.15, -0.1) is 0 Å². The molecule has 0 amide bonds. The van der Waals surface area contributed by atoms with Crippen LogP contribution in [-0.2, 0) is 0 Å². The number of hydrogen-bond donors (Lipinski definition) is 2. The van der Waals surface area contributed by atoms with Crippen molar-refractivity contribution in [3.63, 3.8) is 0 Å². The largest absolute Gasteiger partial charge is 0.393 e. The normalized spacial score (nSPS) is 23.1. The molecule has 0 radical (unpaired) electrons. The van der Waals surface area contributed by atoms with E-state index in [0.29, 0.717) is 0 Å². The van der Waals surface area contributed by atoms with Crippen LogP contribution >= 0.6 is 22.6 Å². The molecule has 19 heavy (non-hydrogen) atoms. The summed E-state index contributed by atoms with van der Waals surface area (Å²) in [6, 6.07) is 4.79. The summed E-state index contributed by atoms with van der Waals surface area (Å²) in [4.78, 5) is 10.3. The molecule has 2 unspecified atom stereocenters. The second kappa shape index (κ2) is 6.51. The zero-order valence-electron chi connectivity index (χ0n) is 10.5. The number of nitrogens with zero attached hydrogens (tertiary/aromatic N) is 1. The lowest BCUT2D eigenvalue weighted by molar-refractivity contribution is -0.384. The quantitative estimate of drug-likeness (QED) is 0.481. The molecule has 2 N–H and O–H groups in total. The second-order valence-electron chi connectivity index (χ2n) is 4.91. The third kappa shape index (κ3) is 3.79. The summed E-state index contributed by atoms with van der Waals surface area (Å²) < 4.78 is 0.831. The van der Waals surface area contributed by atoms with Gasteiger partial charge in [-0.3, -0.25) is 10.1 Å². The Kier molecular flexibility index (Phi) is 4.98. The number of aliphatic hydroxyl groups is 1. The maximum atomic E-state index is 10.7. The van der Waals surface area contributed by atoms with E-state index < -0.39 is 4.92 Å². The van der Waals surface area contributed by atoms with Crippen molar-refractivity contribution in [2.45, 2.75) is 31.8 Å². The lowest BCUT2D eigenvalue weighted by Crippen LogP contribution is -2.30. The predicted octanol–water partition coefficient (Wildman–Crippen LogP) is 3.16. The van der Waals surface area contributed by atoms with Gasteiger partial charge in [0.1, 0.15) is 0 Å². The van der Waals surface area contributed by atoms with E-state index in [9.17, 15) is 15.2 Å². The first kappa shape index (κ1) is 14.5. The van der Waals surface area contributed by atoms with Crippen molar-refractivity contribution in [1.82, 2.24) is 0 Å². The van der Waals surface area contributed by atoms with Crippen LogP contribution in [-0.4, -0.2) is 22.7 Å². The molecule has 1 aromatic carbocycles. The Morgan fingerprint density at radius 3 is 2.79 bits per heavy atom. The molecule has 0 spiro atoms. The van der Waals surface area contributed by atoms with Gasteiger partial charge in [-0.05, 0) is 41.5 Å². The molecule has 0 saturated heterocycles. The molecule has 2 atom stereocenters. The highest BCUT2D eigenvalue weighted by molar-refractivity contribution is 14.1. The molecule has 0 heterocycles. The van der Waals surface area contributed by atoms with Gasteiger partial charge in [0, 0.05) is 33.9 Å². The summed E-state index contributed by atoms with van der Waals surface area (Å²) in [5.41, 5.74) is 0.997. The van der Waals surface area contributed by atoms with Gasteiger partial charge >= 0.3 is 0 Å². The van der Waals surface area contributed by atoms with Crippen molar-refractivity contribution in [1.29, 1.82) is 0 Å². The van der Waals surface area contributed by atoms with Gasteiger partial charge in [-0.1, -0.05) is 12.8 Å². The van der Waals surface area contributed by atoms with Gasteiger partial charge in [0.25, 0.3) is 5.69 Å². The van der Waals surface area contributed by atoms with Crippen LogP contribution < -0.4 is 5.32 Å². The summed E-state index contributed by atoms with van der Waals surface area (Å²) in [5.74, 6) is 0.278. The third-order valence-electron chi connectivity index (χ3n) is 3.59. The van der Waals surface area contributed by atoms with Crippen LogP contribution in [0.1, 0.15) is 25.7 Å². The molecule has 1 aliphatic rings. The predicted molar refractivity (Wildman–Crippen MR) is 82.3 cm³/mol. The molecule has 0 aromatic heterocycles. The zero-order chi connectivity index (χ0) is 13.8. The summed E-state index contributed by atoms with van der Waals surface area (Å²) in [5, 5.41) is 23.9. The summed E-state index contributed by atoms with van der Waals surface area (Å²) in [6.45, 7) is 0.717. The molecule has 5 nitrogen and oxygen atoms in total. The zero-order valence-corrected chi connectivity index (χ0v) is 12.7. The van der Waals surface area contributed by atoms with Crippen LogP contribution in [0.25, 0.3) is 0 Å². The number of nitro benzene ring substituents is 1. The summed E-state index contributed by atoms with van der Waals surface area (Å²) in [6.07, 6.45) is 3.96. The SMILES string of the molecule is O=[N+]([O-])c1ccc(NCC2CCCCC2O)c(I)c1. The first-order chi connectivity index (χ1) is 9.08. The third-order valence-corrected chi connectivity index (χ3v) is 4.48. The summed E-state index contributed by atoms with van der Waals surface area (Å²) in [7, 11) is 0. The Morgan fingerprint density at radius 2 is 2.16 bits per heavy atom. The lowest BCUT2D eigenvalue weighted by Gasteiger charge is -2.28. The first-order valence-corrected chi connectivity index (χ1v) is 7.51. The Bertz CT molecular complexity index is 467. The molecule has 2 rings (SSSR count). The van der Waals surface area contributed by atoms with Crippen molar-refractivity contribution >= 4 is 34.0 Å². The number of hydrogen-bond acceptors (Lipinski definition) is 4. The van der Waals surface area contributed by atoms with E-state index in [4.69, 9.17) is 0 Å². The Morgan fingerprint density at radius 1 is 1.42 bits per heavy atom. The maximum absolute atomic E-state index is 10.7. The molecule has 0 aliphatic heterocycles. The highest BCUT2D eigenvalue weighted by Crippen LogP contribution is 2.27. The van der Waals surface area contributed by atoms with E-state index in [2.05, 4.69) is 27.9 Å². The maximum Gasteiger partial charge on any atom is 0.270 e. The Labute approximate surface area is 125 Å². The Balaban J connectivity index is 1.97. The van der Waals surface area contributed by atoms with E-state index in [1.165, 1.54) is 12.5 Å². The van der Waals surface area contributed by atoms with Crippen molar-refractivity contribution in [3.05, 3.63) is 31.9 Å². The first-order valence-electron chi connectivity index (χ1n) is 6.44. The van der Waals surface area contributed by atoms with Crippen molar-refractivity contribution in [2.75, 3.05) is 11.9 Å². The van der Waals surface area contributed by atoms with Gasteiger partial charge in [0.2, 0.25) is 0 Å². The molecule has 1 saturated carbocycles. The number of aliphatic hydroxyl groups excluding tert-OH is 1. The average Bonchev–Trinajstić information content (AvgIpc) is 2.39. The van der Waals surface area contributed by atoms with E-state index in [-0.39, 0.29) is 17.7 Å². The minimum Gasteiger partial charge on any atom is -0.393 e. The van der Waals surface area contributed by atoms with Gasteiger partial charge < -0.3 is 10.4 Å². The van der Waals surface area contributed by atoms with Gasteiger partial charge in [0.15, 0.2) is 0 Å². The average molecular weight is 376 g/mol. The smallest absolute Gasteiger partial charge is 0.270 e. The molecule has 6 heteroatoms. The minimum atomic E-state index is -0.392. The number of halogens is 1. The van der Waals surface area contributed by atoms with Gasteiger partial charge in [-0.25, -0.2) is 0 Å². The fourth-order valence-electron chi connectivity index (χ4n) is 2.43. The van der Waals surface area contributed by atoms with E-state index in [0.717, 1.165) is 35.1 Å². The van der Waals surface area contributed by atoms with Crippen LogP contribution in [0.2, 0.25) is 0 Å². The number of non-ortho nitro benzene ring substituents is 1. The summed E-state index contributed by atoms with van der Waals surface area (Å²) >= 11 is 2.09. The van der Waals surface area contributed by atoms with Crippen LogP contribution in [0.4, 0.5) is 11.4 Å². The van der Waals surface area contributed by atoms with Crippen molar-refractivity contribution in [2.24, 2.45) is 5.92 Å². The highest BCUT2D eigenvalue weighted by atomic mass is 127. The number of nitro groups is 1. The van der Waals surface area contributed by atoms with Gasteiger partial charge in [0.05, 0.1) is 11.0 Å². The lowest BCUT2D eigenvalue weighted by atomic mass is 9.86. The number of rotatable bonds is 4. The number of nitrogens with one attached hydrogen (secondary N) is 1. The number of benzene rings is 1. The van der Waals surface area contributed by atoms with E-state index in [1.54, 1.807) is 12.1 Å². The van der Waals surface area contributed by atoms with E-state index in [1.807, 2.05) is 0 Å². The topological polar surface area (TPSA) is 75.4 Å². The molecule has 0 bridgehead atoms. The molecule has 1 fully saturated rings. The molecule has 1 aliphatic carbocycles.